The van der Waals surface area contributed by atoms with Gasteiger partial charge in [-0.2, -0.15) is 0 Å². The number of carbonyl (C=O) groups is 1. The molecule has 3 atom stereocenters. The van der Waals surface area contributed by atoms with Crippen molar-refractivity contribution >= 4 is 5.91 Å². The molecule has 0 aromatic heterocycles. The first kappa shape index (κ1) is 13.5. The van der Waals surface area contributed by atoms with Crippen LogP contribution < -0.4 is 5.73 Å². The minimum Gasteiger partial charge on any atom is -0.342 e. The smallest absolute Gasteiger partial charge is 0.227 e. The lowest BCUT2D eigenvalue weighted by molar-refractivity contribution is -0.129. The van der Waals surface area contributed by atoms with Crippen LogP contribution in [-0.4, -0.2) is 29.9 Å². The molecule has 2 N–H and O–H groups in total. The summed E-state index contributed by atoms with van der Waals surface area (Å²) in [6, 6.07) is 3.81. The normalized spacial score (nSPS) is 28.8. The molecule has 1 heterocycles. The molecule has 1 aliphatic carbocycles. The Morgan fingerprint density at radius 1 is 1.25 bits per heavy atom. The number of nitrogens with two attached hydrogens (primary N) is 1. The fraction of sp³-hybridized carbons (Fsp3) is 0.533. The third-order valence-electron chi connectivity index (χ3n) is 4.60. The highest BCUT2D eigenvalue weighted by molar-refractivity contribution is 5.79. The average molecular weight is 280 g/mol. The first-order valence-electron chi connectivity index (χ1n) is 7.02. The third kappa shape index (κ3) is 2.42. The molecule has 2 fully saturated rings. The van der Waals surface area contributed by atoms with Gasteiger partial charge in [-0.1, -0.05) is 6.07 Å². The molecule has 1 aromatic carbocycles. The van der Waals surface area contributed by atoms with Crippen LogP contribution in [0.2, 0.25) is 0 Å². The van der Waals surface area contributed by atoms with Crippen LogP contribution in [0.5, 0.6) is 0 Å². The molecule has 3 unspecified atom stereocenters. The molecule has 1 aromatic rings. The monoisotopic (exact) mass is 280 g/mol. The summed E-state index contributed by atoms with van der Waals surface area (Å²) >= 11 is 0. The Morgan fingerprint density at radius 3 is 2.75 bits per heavy atom. The van der Waals surface area contributed by atoms with Crippen LogP contribution in [-0.2, 0) is 11.2 Å². The summed E-state index contributed by atoms with van der Waals surface area (Å²) in [4.78, 5) is 14.0. The fourth-order valence-electron chi connectivity index (χ4n) is 3.45. The molecule has 3 nitrogen and oxygen atoms in total. The maximum Gasteiger partial charge on any atom is 0.227 e. The van der Waals surface area contributed by atoms with Crippen molar-refractivity contribution in [1.29, 1.82) is 0 Å². The fourth-order valence-corrected chi connectivity index (χ4v) is 3.45. The SMILES string of the molecule is NC1CCC2CN(C(=O)Cc3ccc(F)c(F)c3)CC12. The molecule has 20 heavy (non-hydrogen) atoms. The molecule has 2 aliphatic rings. The van der Waals surface area contributed by atoms with E-state index >= 15 is 0 Å². The molecule has 0 bridgehead atoms. The van der Waals surface area contributed by atoms with Gasteiger partial charge in [0.15, 0.2) is 11.6 Å². The molecule has 1 saturated heterocycles. The van der Waals surface area contributed by atoms with Crippen LogP contribution in [0, 0.1) is 23.5 Å². The van der Waals surface area contributed by atoms with Crippen LogP contribution >= 0.6 is 0 Å². The summed E-state index contributed by atoms with van der Waals surface area (Å²) < 4.78 is 26.0. The topological polar surface area (TPSA) is 46.3 Å². The summed E-state index contributed by atoms with van der Waals surface area (Å²) in [7, 11) is 0. The number of hydrogen-bond donors (Lipinski definition) is 1. The number of likely N-dealkylation sites (tertiary alicyclic amines) is 1. The molecule has 3 rings (SSSR count). The highest BCUT2D eigenvalue weighted by Crippen LogP contribution is 2.37. The molecule has 5 heteroatoms. The second-order valence-electron chi connectivity index (χ2n) is 5.89. The molecule has 0 spiro atoms. The predicted molar refractivity (Wildman–Crippen MR) is 70.8 cm³/mol. The predicted octanol–water partition coefficient (Wildman–Crippen LogP) is 1.70. The van der Waals surface area contributed by atoms with Crippen molar-refractivity contribution in [3.63, 3.8) is 0 Å². The largest absolute Gasteiger partial charge is 0.342 e. The van der Waals surface area contributed by atoms with E-state index in [2.05, 4.69) is 0 Å². The molecular formula is C15H18F2N2O. The van der Waals surface area contributed by atoms with E-state index in [-0.39, 0.29) is 18.4 Å². The Bertz CT molecular complexity index is 535. The third-order valence-corrected chi connectivity index (χ3v) is 4.60. The number of amides is 1. The van der Waals surface area contributed by atoms with E-state index in [0.717, 1.165) is 31.5 Å². The van der Waals surface area contributed by atoms with Crippen molar-refractivity contribution in [3.8, 4) is 0 Å². The molecule has 108 valence electrons. The summed E-state index contributed by atoms with van der Waals surface area (Å²) in [6.45, 7) is 1.45. The minimum absolute atomic E-state index is 0.0300. The maximum atomic E-state index is 13.1. The van der Waals surface area contributed by atoms with Gasteiger partial charge < -0.3 is 10.6 Å². The summed E-state index contributed by atoms with van der Waals surface area (Å²) in [5.41, 5.74) is 6.55. The zero-order valence-electron chi connectivity index (χ0n) is 11.2. The Morgan fingerprint density at radius 2 is 2.05 bits per heavy atom. The lowest BCUT2D eigenvalue weighted by atomic mass is 9.98. The van der Waals surface area contributed by atoms with Crippen LogP contribution in [0.1, 0.15) is 18.4 Å². The average Bonchev–Trinajstić information content (AvgIpc) is 2.97. The van der Waals surface area contributed by atoms with E-state index in [0.29, 0.717) is 23.9 Å². The van der Waals surface area contributed by atoms with Gasteiger partial charge in [-0.15, -0.1) is 0 Å². The zero-order valence-corrected chi connectivity index (χ0v) is 11.2. The molecular weight excluding hydrogens is 262 g/mol. The van der Waals surface area contributed by atoms with Gasteiger partial charge >= 0.3 is 0 Å². The molecule has 1 saturated carbocycles. The first-order chi connectivity index (χ1) is 9.54. The van der Waals surface area contributed by atoms with Gasteiger partial charge in [0.1, 0.15) is 0 Å². The number of fused-ring (bicyclic) bond motifs is 1. The highest BCUT2D eigenvalue weighted by atomic mass is 19.2. The van der Waals surface area contributed by atoms with Crippen LogP contribution in [0.3, 0.4) is 0 Å². The van der Waals surface area contributed by atoms with Gasteiger partial charge in [0.05, 0.1) is 6.42 Å². The molecule has 0 radical (unpaired) electrons. The molecule has 1 amide bonds. The Labute approximate surface area is 116 Å². The quantitative estimate of drug-likeness (QED) is 0.896. The lowest BCUT2D eigenvalue weighted by Gasteiger charge is -2.18. The van der Waals surface area contributed by atoms with Gasteiger partial charge in [0.2, 0.25) is 5.91 Å². The Kier molecular flexibility index (Phi) is 3.46. The van der Waals surface area contributed by atoms with Crippen molar-refractivity contribution in [1.82, 2.24) is 4.90 Å². The second-order valence-corrected chi connectivity index (χ2v) is 5.89. The lowest BCUT2D eigenvalue weighted by Crippen LogP contribution is -2.34. The summed E-state index contributed by atoms with van der Waals surface area (Å²) in [5, 5.41) is 0. The van der Waals surface area contributed by atoms with E-state index in [4.69, 9.17) is 5.73 Å². The first-order valence-corrected chi connectivity index (χ1v) is 7.02. The van der Waals surface area contributed by atoms with E-state index in [1.165, 1.54) is 6.07 Å². The number of carbonyl (C=O) groups excluding carboxylic acids is 1. The second kappa shape index (κ2) is 5.13. The van der Waals surface area contributed by atoms with Crippen molar-refractivity contribution < 1.29 is 13.6 Å². The highest BCUT2D eigenvalue weighted by Gasteiger charge is 2.42. The molecule has 1 aliphatic heterocycles. The van der Waals surface area contributed by atoms with E-state index in [9.17, 15) is 13.6 Å². The number of benzene rings is 1. The number of rotatable bonds is 2. The zero-order chi connectivity index (χ0) is 14.3. The van der Waals surface area contributed by atoms with Crippen LogP contribution in [0.25, 0.3) is 0 Å². The Hall–Kier alpha value is -1.49. The van der Waals surface area contributed by atoms with E-state index < -0.39 is 11.6 Å². The number of hydrogen-bond acceptors (Lipinski definition) is 2. The summed E-state index contributed by atoms with van der Waals surface area (Å²) in [6.07, 6.45) is 2.24. The van der Waals surface area contributed by atoms with Gasteiger partial charge in [0.25, 0.3) is 0 Å². The maximum absolute atomic E-state index is 13.1. The van der Waals surface area contributed by atoms with Crippen molar-refractivity contribution in [2.45, 2.75) is 25.3 Å². The van der Waals surface area contributed by atoms with E-state index in [1.54, 1.807) is 0 Å². The van der Waals surface area contributed by atoms with Crippen molar-refractivity contribution in [2.24, 2.45) is 17.6 Å². The van der Waals surface area contributed by atoms with Gasteiger partial charge in [-0.05, 0) is 42.4 Å². The van der Waals surface area contributed by atoms with Gasteiger partial charge in [0, 0.05) is 19.1 Å². The van der Waals surface area contributed by atoms with E-state index in [1.807, 2.05) is 4.90 Å². The van der Waals surface area contributed by atoms with Crippen molar-refractivity contribution in [3.05, 3.63) is 35.4 Å². The van der Waals surface area contributed by atoms with Gasteiger partial charge in [-0.25, -0.2) is 8.78 Å². The number of nitrogens with zero attached hydrogens (tertiary/aromatic N) is 1. The number of halogens is 2. The van der Waals surface area contributed by atoms with Gasteiger partial charge in [-0.3, -0.25) is 4.79 Å². The van der Waals surface area contributed by atoms with Crippen LogP contribution in [0.4, 0.5) is 8.78 Å². The Balaban J connectivity index is 1.64. The van der Waals surface area contributed by atoms with Crippen molar-refractivity contribution in [2.75, 3.05) is 13.1 Å². The van der Waals surface area contributed by atoms with Crippen LogP contribution in [0.15, 0.2) is 18.2 Å². The summed E-state index contributed by atoms with van der Waals surface area (Å²) in [5.74, 6) is -0.904. The minimum atomic E-state index is -0.907. The standard InChI is InChI=1S/C15H18F2N2O/c16-12-3-1-9(5-13(12)17)6-15(20)19-7-10-2-4-14(18)11(10)8-19/h1,3,5,10-11,14H,2,4,6-8,18H2.